The molecule has 4 nitrogen and oxygen atoms in total. The zero-order chi connectivity index (χ0) is 15.3. The Labute approximate surface area is 126 Å². The highest BCUT2D eigenvalue weighted by Gasteiger charge is 2.29. The summed E-state index contributed by atoms with van der Waals surface area (Å²) < 4.78 is 0. The molecular formula is C17H26N2O2. The average Bonchev–Trinajstić information content (AvgIpc) is 2.70. The predicted octanol–water partition coefficient (Wildman–Crippen LogP) is 2.20. The summed E-state index contributed by atoms with van der Waals surface area (Å²) >= 11 is 0. The second kappa shape index (κ2) is 7.05. The fourth-order valence-electron chi connectivity index (χ4n) is 2.85. The fraction of sp³-hybridized carbons (Fsp3) is 0.588. The van der Waals surface area contributed by atoms with Gasteiger partial charge in [0.2, 0.25) is 5.91 Å². The Bertz CT molecular complexity index is 462. The van der Waals surface area contributed by atoms with E-state index in [1.807, 2.05) is 31.2 Å². The number of nitrogens with two attached hydrogens (primary N) is 1. The Morgan fingerprint density at radius 2 is 1.81 bits per heavy atom. The molecule has 1 fully saturated rings. The maximum atomic E-state index is 12.2. The Kier molecular flexibility index (Phi) is 5.37. The minimum Gasteiger partial charge on any atom is -0.388 e. The lowest BCUT2D eigenvalue weighted by molar-refractivity contribution is -0.123. The quantitative estimate of drug-likeness (QED) is 0.744. The molecule has 0 radical (unpaired) electrons. The van der Waals surface area contributed by atoms with E-state index in [9.17, 15) is 9.90 Å². The lowest BCUT2D eigenvalue weighted by Gasteiger charge is -2.27. The molecule has 1 aromatic rings. The Balaban J connectivity index is 1.90. The van der Waals surface area contributed by atoms with Crippen molar-refractivity contribution in [2.45, 2.75) is 57.1 Å². The summed E-state index contributed by atoms with van der Waals surface area (Å²) in [5, 5.41) is 13.4. The van der Waals surface area contributed by atoms with Gasteiger partial charge in [-0.25, -0.2) is 0 Å². The highest BCUT2D eigenvalue weighted by Crippen LogP contribution is 2.26. The SMILES string of the molecule is Cc1ccc(C(N)C(=O)NCC2(O)CCCCCC2)cc1. The number of hydrogen-bond acceptors (Lipinski definition) is 3. The van der Waals surface area contributed by atoms with Crippen LogP contribution in [0.4, 0.5) is 0 Å². The molecule has 1 amide bonds. The average molecular weight is 290 g/mol. The molecule has 0 aromatic heterocycles. The molecule has 1 atom stereocenters. The number of nitrogens with one attached hydrogen (secondary N) is 1. The summed E-state index contributed by atoms with van der Waals surface area (Å²) in [6, 6.07) is 6.96. The first-order valence-corrected chi connectivity index (χ1v) is 7.82. The van der Waals surface area contributed by atoms with Crippen LogP contribution in [0.3, 0.4) is 0 Å². The van der Waals surface area contributed by atoms with Crippen LogP contribution in [-0.4, -0.2) is 23.2 Å². The summed E-state index contributed by atoms with van der Waals surface area (Å²) in [7, 11) is 0. The van der Waals surface area contributed by atoms with Crippen molar-refractivity contribution in [3.63, 3.8) is 0 Å². The molecule has 0 spiro atoms. The summed E-state index contributed by atoms with van der Waals surface area (Å²) in [5.74, 6) is -0.225. The molecule has 0 heterocycles. The minimum absolute atomic E-state index is 0.225. The first-order chi connectivity index (χ1) is 10.0. The molecule has 116 valence electrons. The largest absolute Gasteiger partial charge is 0.388 e. The number of benzene rings is 1. The predicted molar refractivity (Wildman–Crippen MR) is 83.8 cm³/mol. The summed E-state index contributed by atoms with van der Waals surface area (Å²) in [6.45, 7) is 2.29. The lowest BCUT2D eigenvalue weighted by atomic mass is 9.94. The Morgan fingerprint density at radius 3 is 2.38 bits per heavy atom. The molecule has 4 heteroatoms. The van der Waals surface area contributed by atoms with Crippen molar-refractivity contribution in [2.24, 2.45) is 5.73 Å². The zero-order valence-electron chi connectivity index (χ0n) is 12.8. The number of amides is 1. The van der Waals surface area contributed by atoms with E-state index in [-0.39, 0.29) is 5.91 Å². The second-order valence-electron chi connectivity index (χ2n) is 6.24. The van der Waals surface area contributed by atoms with Crippen molar-refractivity contribution in [3.8, 4) is 0 Å². The van der Waals surface area contributed by atoms with Crippen molar-refractivity contribution in [1.29, 1.82) is 0 Å². The molecule has 1 saturated carbocycles. The standard InChI is InChI=1S/C17H26N2O2/c1-13-6-8-14(9-7-13)15(18)16(20)19-12-17(21)10-4-2-3-5-11-17/h6-9,15,21H,2-5,10-12,18H2,1H3,(H,19,20). The molecule has 0 saturated heterocycles. The molecule has 21 heavy (non-hydrogen) atoms. The molecule has 1 unspecified atom stereocenters. The van der Waals surface area contributed by atoms with E-state index in [0.717, 1.165) is 36.8 Å². The van der Waals surface area contributed by atoms with Gasteiger partial charge in [-0.3, -0.25) is 4.79 Å². The first kappa shape index (κ1) is 16.0. The van der Waals surface area contributed by atoms with Gasteiger partial charge in [0.1, 0.15) is 6.04 Å². The third-order valence-electron chi connectivity index (χ3n) is 4.34. The number of carbonyl (C=O) groups excluding carboxylic acids is 1. The van der Waals surface area contributed by atoms with Crippen LogP contribution < -0.4 is 11.1 Å². The van der Waals surface area contributed by atoms with Crippen LogP contribution in [-0.2, 0) is 4.79 Å². The molecule has 1 aliphatic rings. The third kappa shape index (κ3) is 4.55. The van der Waals surface area contributed by atoms with E-state index < -0.39 is 11.6 Å². The van der Waals surface area contributed by atoms with Gasteiger partial charge < -0.3 is 16.2 Å². The maximum Gasteiger partial charge on any atom is 0.241 e. The summed E-state index contributed by atoms with van der Waals surface area (Å²) in [4.78, 5) is 12.2. The van der Waals surface area contributed by atoms with Crippen LogP contribution in [0.1, 0.15) is 55.7 Å². The molecular weight excluding hydrogens is 264 g/mol. The Morgan fingerprint density at radius 1 is 1.24 bits per heavy atom. The number of aliphatic hydroxyl groups is 1. The van der Waals surface area contributed by atoms with E-state index >= 15 is 0 Å². The number of rotatable bonds is 4. The molecule has 4 N–H and O–H groups in total. The van der Waals surface area contributed by atoms with E-state index in [2.05, 4.69) is 5.32 Å². The smallest absolute Gasteiger partial charge is 0.241 e. The van der Waals surface area contributed by atoms with Crippen molar-refractivity contribution in [2.75, 3.05) is 6.54 Å². The van der Waals surface area contributed by atoms with Crippen LogP contribution in [0, 0.1) is 6.92 Å². The third-order valence-corrected chi connectivity index (χ3v) is 4.34. The molecule has 0 aliphatic heterocycles. The molecule has 0 bridgehead atoms. The molecule has 1 aliphatic carbocycles. The number of carbonyl (C=O) groups is 1. The van der Waals surface area contributed by atoms with E-state index in [1.165, 1.54) is 12.8 Å². The topological polar surface area (TPSA) is 75.4 Å². The second-order valence-corrected chi connectivity index (χ2v) is 6.24. The zero-order valence-corrected chi connectivity index (χ0v) is 12.8. The van der Waals surface area contributed by atoms with E-state index in [1.54, 1.807) is 0 Å². The van der Waals surface area contributed by atoms with Crippen molar-refractivity contribution >= 4 is 5.91 Å². The van der Waals surface area contributed by atoms with E-state index in [4.69, 9.17) is 5.73 Å². The molecule has 1 aromatic carbocycles. The van der Waals surface area contributed by atoms with Crippen molar-refractivity contribution in [1.82, 2.24) is 5.32 Å². The van der Waals surface area contributed by atoms with Crippen LogP contribution in [0.25, 0.3) is 0 Å². The van der Waals surface area contributed by atoms with Gasteiger partial charge in [-0.05, 0) is 25.3 Å². The first-order valence-electron chi connectivity index (χ1n) is 7.82. The monoisotopic (exact) mass is 290 g/mol. The number of hydrogen-bond donors (Lipinski definition) is 3. The van der Waals surface area contributed by atoms with Crippen molar-refractivity contribution < 1.29 is 9.90 Å². The maximum absolute atomic E-state index is 12.2. The normalized spacial score (nSPS) is 19.6. The van der Waals surface area contributed by atoms with Crippen LogP contribution in [0.5, 0.6) is 0 Å². The van der Waals surface area contributed by atoms with Gasteiger partial charge >= 0.3 is 0 Å². The van der Waals surface area contributed by atoms with Gasteiger partial charge in [0.15, 0.2) is 0 Å². The van der Waals surface area contributed by atoms with Crippen LogP contribution in [0.2, 0.25) is 0 Å². The van der Waals surface area contributed by atoms with Gasteiger partial charge in [0.05, 0.1) is 5.60 Å². The fourth-order valence-corrected chi connectivity index (χ4v) is 2.85. The highest BCUT2D eigenvalue weighted by atomic mass is 16.3. The summed E-state index contributed by atoms with van der Waals surface area (Å²) in [6.07, 6.45) is 5.89. The highest BCUT2D eigenvalue weighted by molar-refractivity contribution is 5.83. The Hall–Kier alpha value is -1.39. The van der Waals surface area contributed by atoms with Gasteiger partial charge in [-0.2, -0.15) is 0 Å². The lowest BCUT2D eigenvalue weighted by Crippen LogP contribution is -2.45. The van der Waals surface area contributed by atoms with E-state index in [0.29, 0.717) is 6.54 Å². The van der Waals surface area contributed by atoms with Crippen LogP contribution in [0.15, 0.2) is 24.3 Å². The molecule has 2 rings (SSSR count). The van der Waals surface area contributed by atoms with Gasteiger partial charge in [0, 0.05) is 6.54 Å². The van der Waals surface area contributed by atoms with Crippen LogP contribution >= 0.6 is 0 Å². The number of aryl methyl sites for hydroxylation is 1. The van der Waals surface area contributed by atoms with Gasteiger partial charge in [0.25, 0.3) is 0 Å². The summed E-state index contributed by atoms with van der Waals surface area (Å²) in [5.41, 5.74) is 7.16. The van der Waals surface area contributed by atoms with Gasteiger partial charge in [-0.1, -0.05) is 55.5 Å². The van der Waals surface area contributed by atoms with Gasteiger partial charge in [-0.15, -0.1) is 0 Å². The van der Waals surface area contributed by atoms with Crippen molar-refractivity contribution in [3.05, 3.63) is 35.4 Å². The minimum atomic E-state index is -0.765.